The number of rotatable bonds is 4. The summed E-state index contributed by atoms with van der Waals surface area (Å²) in [6, 6.07) is 1.35. The van der Waals surface area contributed by atoms with Crippen molar-refractivity contribution < 1.29 is 49.4 Å². The van der Waals surface area contributed by atoms with Crippen LogP contribution >= 0.6 is 0 Å². The molecule has 1 heterocycles. The number of benzene rings is 2. The maximum atomic E-state index is 14.0. The van der Waals surface area contributed by atoms with Gasteiger partial charge < -0.3 is 35.0 Å². The molecule has 3 aliphatic rings. The van der Waals surface area contributed by atoms with Crippen LogP contribution in [0.15, 0.2) is 6.07 Å². The molecule has 2 aromatic carbocycles. The lowest BCUT2D eigenvalue weighted by molar-refractivity contribution is -0.135. The van der Waals surface area contributed by atoms with E-state index in [0.29, 0.717) is 11.1 Å². The molecule has 0 bridgehead atoms. The van der Waals surface area contributed by atoms with Crippen molar-refractivity contribution in [1.29, 1.82) is 0 Å². The number of aryl methyl sites for hydroxylation is 1. The highest BCUT2D eigenvalue weighted by molar-refractivity contribution is 6.28. The van der Waals surface area contributed by atoms with Gasteiger partial charge in [-0.25, -0.2) is 0 Å². The van der Waals surface area contributed by atoms with Crippen LogP contribution in [0.1, 0.15) is 70.7 Å². The van der Waals surface area contributed by atoms with E-state index in [1.165, 1.54) is 20.1 Å². The first-order chi connectivity index (χ1) is 18.5. The highest BCUT2D eigenvalue weighted by Crippen LogP contribution is 2.52. The number of ketones is 3. The van der Waals surface area contributed by atoms with Crippen molar-refractivity contribution in [2.45, 2.75) is 71.9 Å². The van der Waals surface area contributed by atoms with Crippen LogP contribution in [0, 0.1) is 19.3 Å². The number of phenolic OH excluding ortho intramolecular Hbond substituents is 3. The predicted octanol–water partition coefficient (Wildman–Crippen LogP) is 0.803. The van der Waals surface area contributed by atoms with Gasteiger partial charge in [0.1, 0.15) is 35.2 Å². The molecule has 5 rings (SSSR count). The number of hydrogen-bond donors (Lipinski definition) is 5. The van der Waals surface area contributed by atoms with Gasteiger partial charge in [0.15, 0.2) is 23.3 Å². The number of aromatic hydroxyl groups is 3. The van der Waals surface area contributed by atoms with E-state index in [-0.39, 0.29) is 56.2 Å². The normalized spacial score (nSPS) is 26.5. The first kappa shape index (κ1) is 27.8. The fraction of sp³-hybridized carbons (Fsp3) is 0.433. The molecule has 1 aliphatic heterocycles. The molecule has 5 N–H and O–H groups in total. The summed E-state index contributed by atoms with van der Waals surface area (Å²) in [7, 11) is 1.18. The number of fused-ring (bicyclic) bond motifs is 1. The Morgan fingerprint density at radius 1 is 1.05 bits per heavy atom. The number of Topliss-reactive ketones (excluding diaryl/α,β-unsaturated/α-hetero) is 3. The maximum Gasteiger partial charge on any atom is 0.202 e. The molecule has 40 heavy (non-hydrogen) atoms. The second kappa shape index (κ2) is 8.63. The lowest BCUT2D eigenvalue weighted by Crippen LogP contribution is -2.63. The third kappa shape index (κ3) is 3.18. The van der Waals surface area contributed by atoms with Gasteiger partial charge in [0.25, 0.3) is 0 Å². The van der Waals surface area contributed by atoms with E-state index in [0.717, 1.165) is 0 Å². The van der Waals surface area contributed by atoms with E-state index < -0.39 is 58.2 Å². The van der Waals surface area contributed by atoms with Crippen LogP contribution in [0.4, 0.5) is 0 Å². The molecule has 2 aromatic rings. The first-order valence-electron chi connectivity index (χ1n) is 12.9. The Morgan fingerprint density at radius 3 is 2.25 bits per heavy atom. The van der Waals surface area contributed by atoms with E-state index in [1.54, 1.807) is 34.6 Å². The lowest BCUT2D eigenvalue weighted by atomic mass is 9.64. The summed E-state index contributed by atoms with van der Waals surface area (Å²) >= 11 is 0. The molecule has 10 nitrogen and oxygen atoms in total. The Kier molecular flexibility index (Phi) is 6.00. The Hall–Kier alpha value is -3.73. The summed E-state index contributed by atoms with van der Waals surface area (Å²) < 4.78 is 11.4. The van der Waals surface area contributed by atoms with Crippen LogP contribution in [0.25, 0.3) is 11.3 Å². The molecule has 4 unspecified atom stereocenters. The number of carbonyl (C=O) groups excluding carboxylic acids is 3. The van der Waals surface area contributed by atoms with Gasteiger partial charge in [0.05, 0.1) is 11.1 Å². The molecule has 0 saturated carbocycles. The quantitative estimate of drug-likeness (QED) is 0.342. The maximum absolute atomic E-state index is 14.0. The van der Waals surface area contributed by atoms with Gasteiger partial charge in [0, 0.05) is 46.1 Å². The van der Waals surface area contributed by atoms with Crippen molar-refractivity contribution in [3.63, 3.8) is 0 Å². The Balaban J connectivity index is 1.97. The zero-order chi connectivity index (χ0) is 29.8. The molecule has 0 aromatic heterocycles. The van der Waals surface area contributed by atoms with Gasteiger partial charge in [0.2, 0.25) is 5.78 Å². The minimum atomic E-state index is -2.21. The number of aliphatic hydroxyl groups excluding tert-OH is 1. The summed E-state index contributed by atoms with van der Waals surface area (Å²) in [4.78, 5) is 39.8. The summed E-state index contributed by atoms with van der Waals surface area (Å²) in [5, 5.41) is 56.7. The molecule has 1 fully saturated rings. The molecule has 0 amide bonds. The van der Waals surface area contributed by atoms with Gasteiger partial charge in [-0.3, -0.25) is 14.4 Å². The molecule has 10 heteroatoms. The lowest BCUT2D eigenvalue weighted by Gasteiger charge is -2.40. The zero-order valence-corrected chi connectivity index (χ0v) is 23.3. The second-order valence-electron chi connectivity index (χ2n) is 11.5. The SMILES string of the molecule is COC1C(=O)c2c(O)c(Cc3c(O)c(C)cc(C(C)=O)c3O)c(C)c3c2=C(C(=O)C2(O)C=3OC(C)C2(C)C)C1O. The predicted molar refractivity (Wildman–Crippen MR) is 142 cm³/mol. The van der Waals surface area contributed by atoms with Crippen molar-refractivity contribution in [3.8, 4) is 17.2 Å². The fourth-order valence-electron chi connectivity index (χ4n) is 6.29. The molecule has 0 radical (unpaired) electrons. The third-order valence-corrected chi connectivity index (χ3v) is 9.13. The molecule has 0 spiro atoms. The van der Waals surface area contributed by atoms with Crippen LogP contribution in [-0.4, -0.2) is 73.9 Å². The standard InChI is InChI=1S/C30H32O10/c1-10-8-15(12(3)31)22(33)16(21(10)32)9-14-11(2)17-18-19(23(14)34)24(35)26(39-7)25(36)20(18)27(37)30(38)28(17)40-13(4)29(30,5)6/h8,13,25-26,32-34,36,38H,9H2,1-7H3. The van der Waals surface area contributed by atoms with Gasteiger partial charge in [-0.1, -0.05) is 13.8 Å². The third-order valence-electron chi connectivity index (χ3n) is 9.13. The smallest absolute Gasteiger partial charge is 0.202 e. The Bertz CT molecular complexity index is 1680. The first-order valence-corrected chi connectivity index (χ1v) is 12.9. The van der Waals surface area contributed by atoms with Crippen LogP contribution in [0.5, 0.6) is 17.2 Å². The van der Waals surface area contributed by atoms with Gasteiger partial charge in [-0.05, 0) is 44.9 Å². The van der Waals surface area contributed by atoms with Gasteiger partial charge in [-0.2, -0.15) is 0 Å². The molecule has 4 atom stereocenters. The topological polar surface area (TPSA) is 171 Å². The average Bonchev–Trinajstić information content (AvgIpc) is 3.06. The Morgan fingerprint density at radius 2 is 1.68 bits per heavy atom. The van der Waals surface area contributed by atoms with Crippen LogP contribution in [0.2, 0.25) is 0 Å². The molecule has 1 saturated heterocycles. The van der Waals surface area contributed by atoms with Crippen LogP contribution in [0.3, 0.4) is 0 Å². The van der Waals surface area contributed by atoms with E-state index in [4.69, 9.17) is 9.47 Å². The van der Waals surface area contributed by atoms with E-state index >= 15 is 0 Å². The van der Waals surface area contributed by atoms with Gasteiger partial charge in [-0.15, -0.1) is 0 Å². The number of ether oxygens (including phenoxy) is 2. The zero-order valence-electron chi connectivity index (χ0n) is 23.3. The molecular weight excluding hydrogens is 520 g/mol. The minimum Gasteiger partial charge on any atom is -0.507 e. The van der Waals surface area contributed by atoms with Gasteiger partial charge >= 0.3 is 0 Å². The summed E-state index contributed by atoms with van der Waals surface area (Å²) in [5.41, 5.74) is -3.32. The number of hydrogen-bond acceptors (Lipinski definition) is 10. The molecule has 212 valence electrons. The highest BCUT2D eigenvalue weighted by Gasteiger charge is 2.66. The van der Waals surface area contributed by atoms with E-state index in [2.05, 4.69) is 0 Å². The molecular formula is C30H32O10. The minimum absolute atomic E-state index is 0.0277. The largest absolute Gasteiger partial charge is 0.507 e. The fourth-order valence-corrected chi connectivity index (χ4v) is 6.29. The Labute approximate surface area is 229 Å². The highest BCUT2D eigenvalue weighted by atomic mass is 16.5. The van der Waals surface area contributed by atoms with Crippen molar-refractivity contribution in [3.05, 3.63) is 49.9 Å². The number of aliphatic hydroxyl groups is 2. The number of methoxy groups -OCH3 is 1. The number of carbonyl (C=O) groups is 3. The summed E-state index contributed by atoms with van der Waals surface area (Å²) in [5.74, 6) is -3.50. The summed E-state index contributed by atoms with van der Waals surface area (Å²) in [6.45, 7) is 9.42. The summed E-state index contributed by atoms with van der Waals surface area (Å²) in [6.07, 6.45) is -4.24. The van der Waals surface area contributed by atoms with E-state index in [9.17, 15) is 39.9 Å². The molecule has 2 aliphatic carbocycles. The second-order valence-corrected chi connectivity index (χ2v) is 11.5. The van der Waals surface area contributed by atoms with E-state index in [1.807, 2.05) is 0 Å². The monoisotopic (exact) mass is 552 g/mol. The number of phenols is 3. The van der Waals surface area contributed by atoms with Crippen molar-refractivity contribution >= 4 is 28.7 Å². The average molecular weight is 553 g/mol. The van der Waals surface area contributed by atoms with Crippen molar-refractivity contribution in [2.75, 3.05) is 7.11 Å². The van der Waals surface area contributed by atoms with Crippen molar-refractivity contribution in [1.82, 2.24) is 0 Å². The van der Waals surface area contributed by atoms with Crippen molar-refractivity contribution in [2.24, 2.45) is 5.41 Å². The van der Waals surface area contributed by atoms with Crippen LogP contribution < -0.4 is 10.4 Å². The van der Waals surface area contributed by atoms with Crippen LogP contribution in [-0.2, 0) is 20.7 Å².